The number of aryl methyl sites for hydroxylation is 3. The van der Waals surface area contributed by atoms with E-state index in [1.54, 1.807) is 0 Å². The van der Waals surface area contributed by atoms with Crippen molar-refractivity contribution < 1.29 is 0 Å². The topological polar surface area (TPSA) is 66.3 Å². The zero-order chi connectivity index (χ0) is 54.8. The standard InChI is InChI=1S/C21H23N.C16H21N.C11H23N.C11H17N.C10H20N2/c1-21(2,19-11-4-3-5-12-19)14-8-10-18-16-22-15-17-9-6-7-13-20(17)18;1-16(2,3)10-6-8-14-12-17-11-13-7-4-5-9-15(13)14;1-11(2,3)7-4-5-10-6-8-12-9-10;1-11(2,3)8-7-10-6-4-5-9-12-10;1-10(2,3)5-4-7-12-8-6-11-9-12/h3-7,9,11-13,15-16H,8,10,14H2,1-2H3;4-5,7,9,11-12H,6,8,10H2,1-3H3;10,12H,4-9H2,1-3H3;4-6,9H,7-8H2,1-3H3;9H,4-8H2,1-3H3. The summed E-state index contributed by atoms with van der Waals surface area (Å²) < 4.78 is 0. The first kappa shape index (κ1) is 62.6. The van der Waals surface area contributed by atoms with Gasteiger partial charge < -0.3 is 10.2 Å². The van der Waals surface area contributed by atoms with E-state index < -0.39 is 0 Å². The fraction of sp³-hybridized carbons (Fsp3) is 0.565. The van der Waals surface area contributed by atoms with E-state index in [-0.39, 0.29) is 5.41 Å². The zero-order valence-electron chi connectivity index (χ0n) is 50.0. The number of nitrogens with one attached hydrogen (secondary N) is 1. The Kier molecular flexibility index (Phi) is 26.1. The molecule has 8 rings (SSSR count). The van der Waals surface area contributed by atoms with E-state index in [1.807, 2.05) is 49.5 Å². The molecule has 5 heterocycles. The maximum Gasteiger partial charge on any atom is 0.0851 e. The lowest BCUT2D eigenvalue weighted by atomic mass is 9.80. The molecule has 6 heteroatoms. The largest absolute Gasteiger partial charge is 0.361 e. The van der Waals surface area contributed by atoms with Crippen LogP contribution in [0.5, 0.6) is 0 Å². The molecule has 1 saturated heterocycles. The van der Waals surface area contributed by atoms with E-state index in [4.69, 9.17) is 0 Å². The summed E-state index contributed by atoms with van der Waals surface area (Å²) in [6.07, 6.45) is 29.4. The molecule has 0 radical (unpaired) electrons. The number of hydrogen-bond acceptors (Lipinski definition) is 6. The fourth-order valence-corrected chi connectivity index (χ4v) is 9.65. The molecule has 1 atom stereocenters. The highest BCUT2D eigenvalue weighted by molar-refractivity contribution is 5.85. The van der Waals surface area contributed by atoms with Gasteiger partial charge in [-0.15, -0.1) is 0 Å². The third kappa shape index (κ3) is 27.1. The second kappa shape index (κ2) is 31.3. The quantitative estimate of drug-likeness (QED) is 0.105. The molecule has 0 spiro atoms. The summed E-state index contributed by atoms with van der Waals surface area (Å²) in [5.74, 6) is 0.979. The Labute approximate surface area is 458 Å². The summed E-state index contributed by atoms with van der Waals surface area (Å²) in [5.41, 5.74) is 7.45. The highest BCUT2D eigenvalue weighted by Crippen LogP contribution is 2.30. The molecule has 6 nitrogen and oxygen atoms in total. The van der Waals surface area contributed by atoms with Gasteiger partial charge >= 0.3 is 0 Å². The van der Waals surface area contributed by atoms with Crippen LogP contribution in [0.2, 0.25) is 0 Å². The number of pyridine rings is 3. The lowest BCUT2D eigenvalue weighted by molar-refractivity contribution is 0.336. The molecule has 6 aromatic rings. The fourth-order valence-electron chi connectivity index (χ4n) is 9.65. The van der Waals surface area contributed by atoms with Crippen molar-refractivity contribution in [1.82, 2.24) is 25.2 Å². The molecule has 3 aromatic heterocycles. The molecule has 410 valence electrons. The first-order valence-electron chi connectivity index (χ1n) is 29.0. The number of benzene rings is 3. The average Bonchev–Trinajstić information content (AvgIpc) is 4.09. The van der Waals surface area contributed by atoms with Gasteiger partial charge in [-0.25, -0.2) is 0 Å². The van der Waals surface area contributed by atoms with Gasteiger partial charge in [0.1, 0.15) is 0 Å². The van der Waals surface area contributed by atoms with Crippen molar-refractivity contribution in [2.24, 2.45) is 32.6 Å². The molecule has 0 amide bonds. The van der Waals surface area contributed by atoms with E-state index in [0.717, 1.165) is 38.3 Å². The van der Waals surface area contributed by atoms with Crippen LogP contribution in [-0.4, -0.2) is 58.9 Å². The predicted molar refractivity (Wildman–Crippen MR) is 328 cm³/mol. The number of hydrogen-bond donors (Lipinski definition) is 1. The minimum absolute atomic E-state index is 0.222. The molecule has 1 fully saturated rings. The Morgan fingerprint density at radius 1 is 0.520 bits per heavy atom. The average molecular weight is 1020 g/mol. The van der Waals surface area contributed by atoms with Crippen molar-refractivity contribution in [2.45, 2.75) is 192 Å². The molecule has 0 bridgehead atoms. The molecule has 2 aliphatic heterocycles. The van der Waals surface area contributed by atoms with Crippen LogP contribution in [-0.2, 0) is 24.7 Å². The minimum Gasteiger partial charge on any atom is -0.361 e. The van der Waals surface area contributed by atoms with Crippen molar-refractivity contribution in [3.05, 3.63) is 150 Å². The number of aromatic nitrogens is 3. The number of nitrogens with zero attached hydrogens (tertiary/aromatic N) is 5. The van der Waals surface area contributed by atoms with Gasteiger partial charge in [0, 0.05) is 60.5 Å². The van der Waals surface area contributed by atoms with Crippen molar-refractivity contribution in [3.63, 3.8) is 0 Å². The Morgan fingerprint density at radius 2 is 1.04 bits per heavy atom. The van der Waals surface area contributed by atoms with Gasteiger partial charge in [-0.05, 0) is 169 Å². The van der Waals surface area contributed by atoms with E-state index in [9.17, 15) is 0 Å². The zero-order valence-corrected chi connectivity index (χ0v) is 50.0. The molecule has 0 aliphatic carbocycles. The SMILES string of the molecule is CC(C)(C)CCCC1CCNC1.CC(C)(C)CCCN1C=NCC1.CC(C)(C)CCCc1cncc2ccccc12.CC(C)(C)CCc1ccccn1.CC(C)(CCCc1cncc2ccccc12)c1ccccc1. The van der Waals surface area contributed by atoms with Gasteiger partial charge in [-0.3, -0.25) is 19.9 Å². The van der Waals surface area contributed by atoms with Crippen LogP contribution < -0.4 is 5.32 Å². The summed E-state index contributed by atoms with van der Waals surface area (Å²) in [5, 5.41) is 8.61. The van der Waals surface area contributed by atoms with Crippen LogP contribution in [0.3, 0.4) is 0 Å². The predicted octanol–water partition coefficient (Wildman–Crippen LogP) is 18.2. The van der Waals surface area contributed by atoms with Crippen LogP contribution in [0.15, 0.2) is 133 Å². The van der Waals surface area contributed by atoms with E-state index in [0.29, 0.717) is 21.7 Å². The van der Waals surface area contributed by atoms with Crippen molar-refractivity contribution in [2.75, 3.05) is 32.7 Å². The summed E-state index contributed by atoms with van der Waals surface area (Å²) in [4.78, 5) is 19.5. The van der Waals surface area contributed by atoms with Gasteiger partial charge in [0.2, 0.25) is 0 Å². The highest BCUT2D eigenvalue weighted by atomic mass is 15.2. The van der Waals surface area contributed by atoms with Crippen molar-refractivity contribution >= 4 is 27.9 Å². The Morgan fingerprint density at radius 3 is 1.55 bits per heavy atom. The normalized spacial score (nSPS) is 14.7. The Hall–Kier alpha value is -4.94. The third-order valence-electron chi connectivity index (χ3n) is 14.4. The number of aliphatic imine (C=N–C) groups is 1. The molecule has 0 saturated carbocycles. The lowest BCUT2D eigenvalue weighted by Gasteiger charge is -2.25. The van der Waals surface area contributed by atoms with Gasteiger partial charge in [0.25, 0.3) is 0 Å². The Balaban J connectivity index is 0.000000208. The van der Waals surface area contributed by atoms with Crippen LogP contribution in [0.1, 0.15) is 190 Å². The molecule has 1 unspecified atom stereocenters. The number of rotatable bonds is 16. The molecular formula is C69H104N6. The van der Waals surface area contributed by atoms with Crippen molar-refractivity contribution in [3.8, 4) is 0 Å². The van der Waals surface area contributed by atoms with Crippen LogP contribution >= 0.6 is 0 Å². The Bertz CT molecular complexity index is 2470. The lowest BCUT2D eigenvalue weighted by Crippen LogP contribution is -2.22. The van der Waals surface area contributed by atoms with Gasteiger partial charge in [-0.2, -0.15) is 0 Å². The van der Waals surface area contributed by atoms with Crippen molar-refractivity contribution in [1.29, 1.82) is 0 Å². The van der Waals surface area contributed by atoms with Crippen LogP contribution in [0.4, 0.5) is 0 Å². The second-order valence-corrected chi connectivity index (χ2v) is 27.0. The number of fused-ring (bicyclic) bond motifs is 2. The van der Waals surface area contributed by atoms with Gasteiger partial charge in [0.15, 0.2) is 0 Å². The van der Waals surface area contributed by atoms with E-state index in [1.165, 1.54) is 134 Å². The van der Waals surface area contributed by atoms with E-state index in [2.05, 4.69) is 212 Å². The molecule has 3 aromatic carbocycles. The summed E-state index contributed by atoms with van der Waals surface area (Å²) in [6.45, 7) is 38.1. The van der Waals surface area contributed by atoms with Gasteiger partial charge in [0.05, 0.1) is 12.9 Å². The molecular weight excluding hydrogens is 913 g/mol. The molecule has 1 N–H and O–H groups in total. The van der Waals surface area contributed by atoms with Gasteiger partial charge in [-0.1, -0.05) is 188 Å². The summed E-state index contributed by atoms with van der Waals surface area (Å²) in [7, 11) is 0. The first-order valence-corrected chi connectivity index (χ1v) is 29.0. The van der Waals surface area contributed by atoms with Crippen LogP contribution in [0.25, 0.3) is 21.5 Å². The maximum absolute atomic E-state index is 4.39. The second-order valence-electron chi connectivity index (χ2n) is 27.0. The summed E-state index contributed by atoms with van der Waals surface area (Å²) in [6, 6.07) is 34.0. The summed E-state index contributed by atoms with van der Waals surface area (Å²) >= 11 is 0. The maximum atomic E-state index is 4.39. The smallest absolute Gasteiger partial charge is 0.0851 e. The first-order chi connectivity index (χ1) is 35.5. The molecule has 75 heavy (non-hydrogen) atoms. The minimum atomic E-state index is 0.222. The third-order valence-corrected chi connectivity index (χ3v) is 14.4. The molecule has 2 aliphatic rings. The highest BCUT2D eigenvalue weighted by Gasteiger charge is 2.20. The van der Waals surface area contributed by atoms with E-state index >= 15 is 0 Å². The van der Waals surface area contributed by atoms with Crippen LogP contribution in [0, 0.1) is 27.6 Å². The monoisotopic (exact) mass is 1020 g/mol.